The van der Waals surface area contributed by atoms with Crippen LogP contribution in [0.4, 0.5) is 34.9 Å². The number of fused-ring (bicyclic) bond motifs is 1. The first-order valence-corrected chi connectivity index (χ1v) is 8.67. The number of nitrogens with zero attached hydrogens (tertiary/aromatic N) is 5. The third kappa shape index (κ3) is 4.10. The lowest BCUT2D eigenvalue weighted by atomic mass is 10.2. The fourth-order valence-corrected chi connectivity index (χ4v) is 2.68. The molecule has 9 nitrogen and oxygen atoms in total. The summed E-state index contributed by atoms with van der Waals surface area (Å²) in [6.45, 7) is 1.20. The summed E-state index contributed by atoms with van der Waals surface area (Å²) in [5, 5.41) is 4.99. The van der Waals surface area contributed by atoms with Gasteiger partial charge in [-0.3, -0.25) is 4.79 Å². The number of anilines is 3. The van der Waals surface area contributed by atoms with Gasteiger partial charge in [0.2, 0.25) is 5.91 Å². The Hall–Kier alpha value is -4.16. The van der Waals surface area contributed by atoms with Gasteiger partial charge in [0.15, 0.2) is 28.9 Å². The number of aromatic amines is 1. The Labute approximate surface area is 171 Å². The van der Waals surface area contributed by atoms with Crippen molar-refractivity contribution >= 4 is 34.4 Å². The maximum Gasteiger partial charge on any atom is 0.433 e. The molecule has 0 saturated heterocycles. The van der Waals surface area contributed by atoms with Crippen LogP contribution < -0.4 is 10.6 Å². The van der Waals surface area contributed by atoms with Crippen molar-refractivity contribution in [2.75, 3.05) is 10.6 Å². The second-order valence-electron chi connectivity index (χ2n) is 6.23. The molecule has 4 heterocycles. The molecule has 158 valence electrons. The molecule has 13 heteroatoms. The van der Waals surface area contributed by atoms with Gasteiger partial charge in [-0.15, -0.1) is 0 Å². The van der Waals surface area contributed by atoms with E-state index >= 15 is 0 Å². The van der Waals surface area contributed by atoms with Gasteiger partial charge in [0.05, 0.1) is 12.0 Å². The molecule has 0 fully saturated rings. The summed E-state index contributed by atoms with van der Waals surface area (Å²) in [6, 6.07) is 4.62. The number of alkyl halides is 3. The Morgan fingerprint density at radius 3 is 2.61 bits per heavy atom. The summed E-state index contributed by atoms with van der Waals surface area (Å²) in [4.78, 5) is 33.6. The molecule has 0 unspecified atom stereocenters. The summed E-state index contributed by atoms with van der Waals surface area (Å²) < 4.78 is 53.8. The van der Waals surface area contributed by atoms with E-state index in [0.29, 0.717) is 0 Å². The normalized spacial score (nSPS) is 11.5. The maximum atomic E-state index is 14.7. The minimum atomic E-state index is -4.65. The number of aromatic nitrogens is 6. The topological polar surface area (TPSA) is 121 Å². The van der Waals surface area contributed by atoms with Crippen LogP contribution in [0.2, 0.25) is 0 Å². The monoisotopic (exact) mass is 432 g/mol. The van der Waals surface area contributed by atoms with Crippen molar-refractivity contribution in [1.82, 2.24) is 29.9 Å². The molecule has 0 aromatic carbocycles. The van der Waals surface area contributed by atoms with E-state index in [1.54, 1.807) is 0 Å². The number of rotatable bonds is 4. The molecule has 0 aliphatic heterocycles. The van der Waals surface area contributed by atoms with Crippen LogP contribution in [0, 0.1) is 5.82 Å². The Bertz CT molecular complexity index is 1290. The molecule has 1 amide bonds. The van der Waals surface area contributed by atoms with E-state index in [1.165, 1.54) is 37.6 Å². The molecule has 0 spiro atoms. The zero-order chi connectivity index (χ0) is 22.2. The Morgan fingerprint density at radius 1 is 1.06 bits per heavy atom. The van der Waals surface area contributed by atoms with Crippen LogP contribution in [0.3, 0.4) is 0 Å². The summed E-state index contributed by atoms with van der Waals surface area (Å²) in [7, 11) is 0. The summed E-state index contributed by atoms with van der Waals surface area (Å²) in [5.74, 6) is -1.78. The van der Waals surface area contributed by atoms with Gasteiger partial charge in [0.25, 0.3) is 0 Å². The van der Waals surface area contributed by atoms with Crippen LogP contribution in [0.25, 0.3) is 22.7 Å². The van der Waals surface area contributed by atoms with Gasteiger partial charge in [-0.05, 0) is 18.2 Å². The third-order valence-corrected chi connectivity index (χ3v) is 3.99. The number of carbonyl (C=O) groups excluding carboxylic acids is 1. The first-order chi connectivity index (χ1) is 14.7. The van der Waals surface area contributed by atoms with Gasteiger partial charge < -0.3 is 15.6 Å². The van der Waals surface area contributed by atoms with E-state index in [9.17, 15) is 22.4 Å². The molecule has 0 saturated carbocycles. The van der Waals surface area contributed by atoms with E-state index in [1.807, 2.05) is 0 Å². The number of H-pyrrole nitrogens is 1. The molecule has 3 N–H and O–H groups in total. The highest BCUT2D eigenvalue weighted by Crippen LogP contribution is 2.31. The number of carbonyl (C=O) groups is 1. The van der Waals surface area contributed by atoms with Crippen LogP contribution >= 0.6 is 0 Å². The molecule has 4 aromatic heterocycles. The largest absolute Gasteiger partial charge is 0.433 e. The fraction of sp³-hybridized carbons (Fsp3) is 0.111. The summed E-state index contributed by atoms with van der Waals surface area (Å²) in [5.41, 5.74) is -0.921. The van der Waals surface area contributed by atoms with E-state index in [0.717, 1.165) is 6.07 Å². The zero-order valence-corrected chi connectivity index (χ0v) is 15.6. The highest BCUT2D eigenvalue weighted by molar-refractivity contribution is 5.89. The van der Waals surface area contributed by atoms with Gasteiger partial charge in [-0.2, -0.15) is 13.2 Å². The number of hydrogen-bond acceptors (Lipinski definition) is 7. The molecular weight excluding hydrogens is 420 g/mol. The average molecular weight is 432 g/mol. The van der Waals surface area contributed by atoms with E-state index < -0.39 is 23.6 Å². The standard InChI is InChI=1S/C18H12F4N8O/c1-8(31)26-15-12(19)9(5-6-23-15)28-17-13-16(25-7-24-13)29-14(30-17)10-3-2-4-11(27-10)18(20,21)22/h2-7H,1H3,(H3,23,24,25,26,28,29,30,31). The number of pyridine rings is 2. The Kier molecular flexibility index (Phi) is 4.93. The zero-order valence-electron chi connectivity index (χ0n) is 15.6. The fourth-order valence-electron chi connectivity index (χ4n) is 2.68. The molecule has 0 aliphatic rings. The van der Waals surface area contributed by atoms with E-state index in [4.69, 9.17) is 0 Å². The predicted molar refractivity (Wildman–Crippen MR) is 102 cm³/mol. The molecule has 4 aromatic rings. The first kappa shape index (κ1) is 20.1. The molecule has 4 rings (SSSR count). The quantitative estimate of drug-likeness (QED) is 0.421. The van der Waals surface area contributed by atoms with Crippen LogP contribution in [0.1, 0.15) is 12.6 Å². The van der Waals surface area contributed by atoms with Crippen molar-refractivity contribution in [3.8, 4) is 11.5 Å². The van der Waals surface area contributed by atoms with Gasteiger partial charge in [-0.25, -0.2) is 29.3 Å². The molecule has 0 atom stereocenters. The second kappa shape index (κ2) is 7.59. The van der Waals surface area contributed by atoms with Crippen molar-refractivity contribution in [3.63, 3.8) is 0 Å². The SMILES string of the molecule is CC(=O)Nc1nccc(Nc2nc(-c3cccc(C(F)(F)F)n3)nc3nc[nH]c23)c1F. The highest BCUT2D eigenvalue weighted by Gasteiger charge is 2.32. The average Bonchev–Trinajstić information content (AvgIpc) is 3.19. The number of imidazole rings is 1. The van der Waals surface area contributed by atoms with Crippen molar-refractivity contribution in [2.24, 2.45) is 0 Å². The summed E-state index contributed by atoms with van der Waals surface area (Å²) in [6.07, 6.45) is -2.08. The lowest BCUT2D eigenvalue weighted by Gasteiger charge is -2.11. The lowest BCUT2D eigenvalue weighted by Crippen LogP contribution is -2.11. The maximum absolute atomic E-state index is 14.7. The smallest absolute Gasteiger partial charge is 0.340 e. The minimum absolute atomic E-state index is 0.0376. The van der Waals surface area contributed by atoms with Gasteiger partial charge >= 0.3 is 6.18 Å². The number of halogens is 4. The molecule has 0 aliphatic carbocycles. The van der Waals surface area contributed by atoms with E-state index in [-0.39, 0.29) is 40.0 Å². The van der Waals surface area contributed by atoms with Crippen molar-refractivity contribution < 1.29 is 22.4 Å². The van der Waals surface area contributed by atoms with Gasteiger partial charge in [0.1, 0.15) is 16.9 Å². The molecule has 0 radical (unpaired) electrons. The predicted octanol–water partition coefficient (Wildman–Crippen LogP) is 3.67. The van der Waals surface area contributed by atoms with Crippen molar-refractivity contribution in [3.05, 3.63) is 48.3 Å². The Balaban J connectivity index is 1.79. The van der Waals surface area contributed by atoms with Crippen LogP contribution in [-0.2, 0) is 11.0 Å². The lowest BCUT2D eigenvalue weighted by molar-refractivity contribution is -0.141. The van der Waals surface area contributed by atoms with Crippen LogP contribution in [0.15, 0.2) is 36.8 Å². The van der Waals surface area contributed by atoms with Crippen molar-refractivity contribution in [1.29, 1.82) is 0 Å². The number of amides is 1. The van der Waals surface area contributed by atoms with Crippen molar-refractivity contribution in [2.45, 2.75) is 13.1 Å². The second-order valence-corrected chi connectivity index (χ2v) is 6.23. The Morgan fingerprint density at radius 2 is 1.87 bits per heavy atom. The number of hydrogen-bond donors (Lipinski definition) is 3. The van der Waals surface area contributed by atoms with Crippen LogP contribution in [0.5, 0.6) is 0 Å². The molecule has 0 bridgehead atoms. The third-order valence-electron chi connectivity index (χ3n) is 3.99. The summed E-state index contributed by atoms with van der Waals surface area (Å²) >= 11 is 0. The first-order valence-electron chi connectivity index (χ1n) is 8.67. The molecule has 31 heavy (non-hydrogen) atoms. The van der Waals surface area contributed by atoms with Gasteiger partial charge in [-0.1, -0.05) is 6.07 Å². The molecular formula is C18H12F4N8O. The van der Waals surface area contributed by atoms with E-state index in [2.05, 4.69) is 40.5 Å². The highest BCUT2D eigenvalue weighted by atomic mass is 19.4. The minimum Gasteiger partial charge on any atom is -0.340 e. The van der Waals surface area contributed by atoms with Crippen LogP contribution in [-0.4, -0.2) is 35.8 Å². The van der Waals surface area contributed by atoms with Gasteiger partial charge in [0, 0.05) is 13.1 Å². The number of nitrogens with one attached hydrogen (secondary N) is 3.